The fraction of sp³-hybridized carbons (Fsp3) is 0. The Labute approximate surface area is 322 Å². The summed E-state index contributed by atoms with van der Waals surface area (Å²) >= 11 is 0. The Balaban J connectivity index is 1.12. The third-order valence-electron chi connectivity index (χ3n) is 10.5. The van der Waals surface area contributed by atoms with Crippen LogP contribution in [0.4, 0.5) is 0 Å². The van der Waals surface area contributed by atoms with Crippen molar-refractivity contribution in [3.63, 3.8) is 0 Å². The zero-order valence-corrected chi connectivity index (χ0v) is 30.0. The first-order chi connectivity index (χ1) is 27.7. The van der Waals surface area contributed by atoms with Crippen molar-refractivity contribution in [1.29, 1.82) is 0 Å². The van der Waals surface area contributed by atoms with Gasteiger partial charge in [-0.05, 0) is 41.3 Å². The van der Waals surface area contributed by atoms with Gasteiger partial charge in [0.05, 0.1) is 11.2 Å². The van der Waals surface area contributed by atoms with Crippen molar-refractivity contribution in [1.82, 2.24) is 24.6 Å². The maximum absolute atomic E-state index is 6.26. The predicted octanol–water partition coefficient (Wildman–Crippen LogP) is 12.6. The third-order valence-corrected chi connectivity index (χ3v) is 10.5. The van der Waals surface area contributed by atoms with E-state index in [1.807, 2.05) is 60.7 Å². The summed E-state index contributed by atoms with van der Waals surface area (Å²) in [5, 5.41) is 9.81. The summed E-state index contributed by atoms with van der Waals surface area (Å²) < 4.78 is 8.38. The van der Waals surface area contributed by atoms with Crippen LogP contribution in [0.2, 0.25) is 0 Å². The predicted molar refractivity (Wildman–Crippen MR) is 226 cm³/mol. The lowest BCUT2D eigenvalue weighted by Crippen LogP contribution is -2.01. The van der Waals surface area contributed by atoms with E-state index in [4.69, 9.17) is 24.5 Å². The highest BCUT2D eigenvalue weighted by molar-refractivity contribution is 6.09. The van der Waals surface area contributed by atoms with Gasteiger partial charge in [-0.25, -0.2) is 19.5 Å². The van der Waals surface area contributed by atoms with E-state index in [-0.39, 0.29) is 0 Å². The Morgan fingerprint density at radius 1 is 0.375 bits per heavy atom. The van der Waals surface area contributed by atoms with Crippen LogP contribution in [-0.2, 0) is 0 Å². The molecule has 11 rings (SSSR count). The molecule has 262 valence electrons. The lowest BCUT2D eigenvalue weighted by atomic mass is 9.97. The van der Waals surface area contributed by atoms with Crippen molar-refractivity contribution >= 4 is 38.2 Å². The van der Waals surface area contributed by atoms with E-state index in [1.165, 1.54) is 0 Å². The summed E-state index contributed by atoms with van der Waals surface area (Å²) in [4.78, 5) is 15.2. The molecule has 0 atom stereocenters. The molecule has 0 fully saturated rings. The Kier molecular flexibility index (Phi) is 7.38. The zero-order chi connectivity index (χ0) is 37.0. The van der Waals surface area contributed by atoms with Crippen molar-refractivity contribution in [2.75, 3.05) is 0 Å². The van der Waals surface area contributed by atoms with Crippen LogP contribution in [0.3, 0.4) is 0 Å². The first-order valence-electron chi connectivity index (χ1n) is 18.6. The minimum atomic E-state index is 0.571. The largest absolute Gasteiger partial charge is 0.456 e. The molecule has 0 spiro atoms. The second kappa shape index (κ2) is 13.0. The van der Waals surface area contributed by atoms with Gasteiger partial charge < -0.3 is 4.42 Å². The number of hydrogen-bond donors (Lipinski definition) is 0. The minimum absolute atomic E-state index is 0.571. The Morgan fingerprint density at radius 2 is 0.929 bits per heavy atom. The van der Waals surface area contributed by atoms with Crippen molar-refractivity contribution in [2.24, 2.45) is 0 Å². The van der Waals surface area contributed by atoms with E-state index in [1.54, 1.807) is 0 Å². The second-order valence-corrected chi connectivity index (χ2v) is 13.9. The second-order valence-electron chi connectivity index (χ2n) is 13.9. The molecule has 56 heavy (non-hydrogen) atoms. The summed E-state index contributed by atoms with van der Waals surface area (Å²) in [6.45, 7) is 0. The van der Waals surface area contributed by atoms with Crippen molar-refractivity contribution < 1.29 is 4.42 Å². The van der Waals surface area contributed by atoms with E-state index in [0.29, 0.717) is 17.5 Å². The summed E-state index contributed by atoms with van der Waals surface area (Å²) in [5.74, 6) is 1.75. The zero-order valence-electron chi connectivity index (χ0n) is 30.0. The van der Waals surface area contributed by atoms with Gasteiger partial charge in [0.1, 0.15) is 16.9 Å². The number of para-hydroxylation sites is 1. The van der Waals surface area contributed by atoms with Gasteiger partial charge in [0.15, 0.2) is 17.5 Å². The number of nitrogens with zero attached hydrogens (tertiary/aromatic N) is 5. The fourth-order valence-electron chi connectivity index (χ4n) is 7.80. The molecule has 0 aliphatic heterocycles. The topological polar surface area (TPSA) is 69.1 Å². The number of fused-ring (bicyclic) bond motifs is 6. The molecule has 0 radical (unpaired) electrons. The average molecular weight is 718 g/mol. The fourth-order valence-corrected chi connectivity index (χ4v) is 7.80. The molecule has 11 aromatic rings. The summed E-state index contributed by atoms with van der Waals surface area (Å²) in [7, 11) is 0. The Morgan fingerprint density at radius 3 is 1.68 bits per heavy atom. The lowest BCUT2D eigenvalue weighted by Gasteiger charge is -2.12. The van der Waals surface area contributed by atoms with E-state index in [0.717, 1.165) is 88.6 Å². The molecule has 0 aliphatic carbocycles. The van der Waals surface area contributed by atoms with Crippen LogP contribution in [-0.4, -0.2) is 24.6 Å². The van der Waals surface area contributed by atoms with Gasteiger partial charge in [0, 0.05) is 49.5 Å². The normalized spacial score (nSPS) is 11.6. The molecule has 4 heterocycles. The highest BCUT2D eigenvalue weighted by atomic mass is 16.3. The number of furan rings is 1. The molecule has 6 nitrogen and oxygen atoms in total. The van der Waals surface area contributed by atoms with E-state index >= 15 is 0 Å². The van der Waals surface area contributed by atoms with Crippen LogP contribution in [0.1, 0.15) is 0 Å². The molecular weight excluding hydrogens is 687 g/mol. The molecule has 0 aliphatic rings. The molecule has 0 saturated carbocycles. The van der Waals surface area contributed by atoms with Crippen LogP contribution in [0.5, 0.6) is 0 Å². The average Bonchev–Trinajstić information content (AvgIpc) is 3.86. The molecule has 0 amide bonds. The van der Waals surface area contributed by atoms with Crippen LogP contribution < -0.4 is 0 Å². The van der Waals surface area contributed by atoms with Gasteiger partial charge >= 0.3 is 0 Å². The van der Waals surface area contributed by atoms with Gasteiger partial charge in [-0.15, -0.1) is 0 Å². The highest BCUT2D eigenvalue weighted by Gasteiger charge is 2.22. The quantitative estimate of drug-likeness (QED) is 0.171. The minimum Gasteiger partial charge on any atom is -0.456 e. The van der Waals surface area contributed by atoms with Crippen LogP contribution >= 0.6 is 0 Å². The number of rotatable bonds is 6. The molecule has 6 heteroatoms. The number of aromatic nitrogens is 5. The van der Waals surface area contributed by atoms with Crippen LogP contribution in [0, 0.1) is 0 Å². The van der Waals surface area contributed by atoms with E-state index in [2.05, 4.69) is 132 Å². The number of benzene rings is 7. The molecule has 0 unspecified atom stereocenters. The van der Waals surface area contributed by atoms with Crippen molar-refractivity contribution in [3.05, 3.63) is 188 Å². The summed E-state index contributed by atoms with van der Waals surface area (Å²) in [5.41, 5.74) is 11.5. The molecule has 0 saturated heterocycles. The molecule has 0 bridgehead atoms. The van der Waals surface area contributed by atoms with Crippen LogP contribution in [0.25, 0.3) is 106 Å². The monoisotopic (exact) mass is 717 g/mol. The first kappa shape index (κ1) is 31.8. The molecule has 7 aromatic carbocycles. The van der Waals surface area contributed by atoms with Gasteiger partial charge in [0.2, 0.25) is 0 Å². The molecule has 4 aromatic heterocycles. The number of pyridine rings is 1. The lowest BCUT2D eigenvalue weighted by molar-refractivity contribution is 0.669. The van der Waals surface area contributed by atoms with Crippen molar-refractivity contribution in [3.8, 4) is 67.8 Å². The third kappa shape index (κ3) is 5.35. The van der Waals surface area contributed by atoms with E-state index in [9.17, 15) is 0 Å². The standard InChI is InChI=1S/C50H31N5O/c1-4-15-32(16-5-1)45-46(33-17-6-2-7-18-33)54-55-42(30-35-21-10-11-24-39(35)47(45)55)36-22-14-23-37(29-36)49-51-48(34-19-8-3-9-20-34)52-50(53-49)38-27-28-41-40-25-12-13-26-43(40)56-44(41)31-38/h1-31H. The van der Waals surface area contributed by atoms with Gasteiger partial charge in [0.25, 0.3) is 0 Å². The van der Waals surface area contributed by atoms with Crippen LogP contribution in [0.15, 0.2) is 192 Å². The smallest absolute Gasteiger partial charge is 0.164 e. The van der Waals surface area contributed by atoms with E-state index < -0.39 is 0 Å². The Bertz CT molecular complexity index is 3240. The van der Waals surface area contributed by atoms with Crippen molar-refractivity contribution in [2.45, 2.75) is 0 Å². The SMILES string of the molecule is c1ccc(-c2nc(-c3cccc(-c4cc5ccccc5c5c(-c6ccccc6)c(-c6ccccc6)nn45)c3)nc(-c3ccc4c(c3)oc3ccccc34)n2)cc1. The summed E-state index contributed by atoms with van der Waals surface area (Å²) in [6.07, 6.45) is 0. The maximum atomic E-state index is 6.26. The van der Waals surface area contributed by atoms with Gasteiger partial charge in [-0.1, -0.05) is 158 Å². The highest BCUT2D eigenvalue weighted by Crippen LogP contribution is 2.41. The molecular formula is C50H31N5O. The number of hydrogen-bond acceptors (Lipinski definition) is 5. The maximum Gasteiger partial charge on any atom is 0.164 e. The Hall–Kier alpha value is -7.70. The van der Waals surface area contributed by atoms with Gasteiger partial charge in [-0.2, -0.15) is 5.10 Å². The first-order valence-corrected chi connectivity index (χ1v) is 18.6. The van der Waals surface area contributed by atoms with Gasteiger partial charge in [-0.3, -0.25) is 0 Å². The summed E-state index contributed by atoms with van der Waals surface area (Å²) in [6, 6.07) is 64.5. The molecule has 0 N–H and O–H groups in total.